The van der Waals surface area contributed by atoms with Crippen molar-refractivity contribution in [3.63, 3.8) is 0 Å². The minimum atomic E-state index is -0.763. The number of hydrogen-bond donors (Lipinski definition) is 1. The molecule has 0 saturated heterocycles. The van der Waals surface area contributed by atoms with Gasteiger partial charge in [-0.15, -0.1) is 0 Å². The molecule has 27 heavy (non-hydrogen) atoms. The van der Waals surface area contributed by atoms with Crippen molar-refractivity contribution in [3.8, 4) is 11.5 Å². The first-order valence-electron chi connectivity index (χ1n) is 8.57. The van der Waals surface area contributed by atoms with Gasteiger partial charge in [0.15, 0.2) is 0 Å². The van der Waals surface area contributed by atoms with Crippen molar-refractivity contribution in [3.05, 3.63) is 81.9 Å². The molecule has 0 saturated carbocycles. The van der Waals surface area contributed by atoms with Gasteiger partial charge >= 0.3 is 0 Å². The zero-order chi connectivity index (χ0) is 19.6. The number of ether oxygens (including phenoxy) is 1. The molecule has 1 aliphatic carbocycles. The summed E-state index contributed by atoms with van der Waals surface area (Å²) < 4.78 is 5.51. The number of nitro groups is 1. The van der Waals surface area contributed by atoms with Crippen LogP contribution in [0.3, 0.4) is 0 Å². The summed E-state index contributed by atoms with van der Waals surface area (Å²) in [7, 11) is 5.34. The van der Waals surface area contributed by atoms with E-state index >= 15 is 0 Å². The predicted octanol–water partition coefficient (Wildman–Crippen LogP) is 4.18. The number of methoxy groups -OCH3 is 1. The lowest BCUT2D eigenvalue weighted by atomic mass is 9.69. The zero-order valence-corrected chi connectivity index (χ0v) is 15.5. The number of non-ortho nitro benzene ring substituents is 1. The smallest absolute Gasteiger partial charge is 0.270 e. The van der Waals surface area contributed by atoms with Crippen molar-refractivity contribution in [1.82, 2.24) is 0 Å². The molecule has 140 valence electrons. The molecule has 0 heterocycles. The van der Waals surface area contributed by atoms with Gasteiger partial charge in [-0.25, -0.2) is 0 Å². The van der Waals surface area contributed by atoms with E-state index in [-0.39, 0.29) is 11.4 Å². The first-order chi connectivity index (χ1) is 12.9. The Hall–Kier alpha value is -3.28. The molecule has 1 aliphatic rings. The van der Waals surface area contributed by atoms with E-state index in [4.69, 9.17) is 4.74 Å². The minimum Gasteiger partial charge on any atom is -0.508 e. The van der Waals surface area contributed by atoms with Crippen LogP contribution in [0.4, 0.5) is 11.4 Å². The second-order valence-corrected chi connectivity index (χ2v) is 6.70. The fourth-order valence-corrected chi connectivity index (χ4v) is 3.50. The highest BCUT2D eigenvalue weighted by atomic mass is 16.6. The summed E-state index contributed by atoms with van der Waals surface area (Å²) in [5.74, 6) is 0.673. The molecule has 0 aliphatic heterocycles. The van der Waals surface area contributed by atoms with Gasteiger partial charge < -0.3 is 14.7 Å². The molecule has 0 spiro atoms. The summed E-state index contributed by atoms with van der Waals surface area (Å²) in [6.45, 7) is 0. The molecule has 0 aromatic heterocycles. The van der Waals surface area contributed by atoms with Crippen molar-refractivity contribution in [2.24, 2.45) is 0 Å². The first kappa shape index (κ1) is 18.5. The van der Waals surface area contributed by atoms with E-state index in [9.17, 15) is 15.2 Å². The number of nitro benzene ring substituents is 1. The zero-order valence-electron chi connectivity index (χ0n) is 15.5. The maximum absolute atomic E-state index is 11.3. The van der Waals surface area contributed by atoms with Crippen LogP contribution in [-0.2, 0) is 5.41 Å². The third-order valence-electron chi connectivity index (χ3n) is 4.92. The molecule has 3 rings (SSSR count). The highest BCUT2D eigenvalue weighted by Crippen LogP contribution is 2.48. The molecular weight excluding hydrogens is 344 g/mol. The molecule has 6 heteroatoms. The van der Waals surface area contributed by atoms with Crippen LogP contribution < -0.4 is 9.64 Å². The van der Waals surface area contributed by atoms with Crippen LogP contribution in [0.5, 0.6) is 11.5 Å². The Morgan fingerprint density at radius 2 is 1.93 bits per heavy atom. The van der Waals surface area contributed by atoms with Crippen molar-refractivity contribution in [2.45, 2.75) is 11.8 Å². The fraction of sp³-hybridized carbons (Fsp3) is 0.238. The van der Waals surface area contributed by atoms with Crippen LogP contribution in [0.25, 0.3) is 0 Å². The van der Waals surface area contributed by atoms with Crippen molar-refractivity contribution >= 4 is 11.4 Å². The number of allylic oxidation sites excluding steroid dienone is 4. The largest absolute Gasteiger partial charge is 0.508 e. The summed E-state index contributed by atoms with van der Waals surface area (Å²) in [6.07, 6.45) is 8.31. The summed E-state index contributed by atoms with van der Waals surface area (Å²) in [5.41, 5.74) is 1.41. The van der Waals surface area contributed by atoms with Gasteiger partial charge in [0, 0.05) is 54.5 Å². The van der Waals surface area contributed by atoms with E-state index in [1.807, 2.05) is 55.4 Å². The van der Waals surface area contributed by atoms with Crippen LogP contribution in [-0.4, -0.2) is 31.2 Å². The van der Waals surface area contributed by atoms with Crippen molar-refractivity contribution in [2.75, 3.05) is 26.1 Å². The standard InChI is InChI=1S/C21H22N2O4/c1-22(2)15-7-9-17(19(24)14-15)21(11-5-4-6-12-21)18-13-16(23(25)26)8-10-20(18)27-3/h4-11,13-14,24H,12H2,1-3H3. The summed E-state index contributed by atoms with van der Waals surface area (Å²) >= 11 is 0. The molecule has 2 aromatic carbocycles. The molecule has 0 radical (unpaired) electrons. The Balaban J connectivity index is 2.27. The number of hydrogen-bond acceptors (Lipinski definition) is 5. The highest BCUT2D eigenvalue weighted by molar-refractivity contribution is 5.62. The topological polar surface area (TPSA) is 75.8 Å². The average Bonchev–Trinajstić information content (AvgIpc) is 2.67. The van der Waals surface area contributed by atoms with E-state index in [1.54, 1.807) is 12.1 Å². The lowest BCUT2D eigenvalue weighted by Gasteiger charge is -2.34. The number of rotatable bonds is 5. The summed E-state index contributed by atoms with van der Waals surface area (Å²) in [6, 6.07) is 10.0. The van der Waals surface area contributed by atoms with Gasteiger partial charge in [-0.3, -0.25) is 10.1 Å². The number of nitrogens with zero attached hydrogens (tertiary/aromatic N) is 2. The molecule has 1 atom stereocenters. The number of phenolic OH excluding ortho intramolecular Hbond substituents is 1. The van der Waals surface area contributed by atoms with E-state index in [0.29, 0.717) is 23.3 Å². The molecule has 0 fully saturated rings. The minimum absolute atomic E-state index is 0.0162. The Morgan fingerprint density at radius 1 is 1.15 bits per heavy atom. The van der Waals surface area contributed by atoms with Crippen LogP contribution in [0.1, 0.15) is 17.5 Å². The van der Waals surface area contributed by atoms with Crippen LogP contribution in [0.2, 0.25) is 0 Å². The van der Waals surface area contributed by atoms with Crippen LogP contribution in [0.15, 0.2) is 60.7 Å². The van der Waals surface area contributed by atoms with Gasteiger partial charge in [0.2, 0.25) is 0 Å². The first-order valence-corrected chi connectivity index (χ1v) is 8.57. The van der Waals surface area contributed by atoms with E-state index in [0.717, 1.165) is 5.69 Å². The Morgan fingerprint density at radius 3 is 2.48 bits per heavy atom. The third-order valence-corrected chi connectivity index (χ3v) is 4.92. The van der Waals surface area contributed by atoms with Gasteiger partial charge in [0.25, 0.3) is 5.69 Å². The lowest BCUT2D eigenvalue weighted by molar-refractivity contribution is -0.385. The number of benzene rings is 2. The van der Waals surface area contributed by atoms with Gasteiger partial charge in [-0.05, 0) is 18.6 Å². The van der Waals surface area contributed by atoms with Gasteiger partial charge in [-0.1, -0.05) is 30.4 Å². The number of anilines is 1. The van der Waals surface area contributed by atoms with Crippen molar-refractivity contribution in [1.29, 1.82) is 0 Å². The van der Waals surface area contributed by atoms with Gasteiger partial charge in [0.05, 0.1) is 12.0 Å². The van der Waals surface area contributed by atoms with E-state index in [2.05, 4.69) is 0 Å². The normalized spacial score (nSPS) is 18.3. The van der Waals surface area contributed by atoms with Gasteiger partial charge in [0.1, 0.15) is 11.5 Å². The Kier molecular flexibility index (Phi) is 4.90. The average molecular weight is 366 g/mol. The van der Waals surface area contributed by atoms with E-state index in [1.165, 1.54) is 19.2 Å². The monoisotopic (exact) mass is 366 g/mol. The van der Waals surface area contributed by atoms with Crippen molar-refractivity contribution < 1.29 is 14.8 Å². The van der Waals surface area contributed by atoms with Crippen LogP contribution >= 0.6 is 0 Å². The molecule has 2 aromatic rings. The molecule has 1 unspecified atom stereocenters. The summed E-state index contributed by atoms with van der Waals surface area (Å²) in [5, 5.41) is 22.1. The number of phenols is 1. The number of aromatic hydroxyl groups is 1. The molecule has 6 nitrogen and oxygen atoms in total. The Labute approximate surface area is 158 Å². The second-order valence-electron chi connectivity index (χ2n) is 6.70. The quantitative estimate of drug-likeness (QED) is 0.635. The maximum atomic E-state index is 11.3. The second kappa shape index (κ2) is 7.15. The molecule has 0 bridgehead atoms. The highest BCUT2D eigenvalue weighted by Gasteiger charge is 2.37. The predicted molar refractivity (Wildman–Crippen MR) is 106 cm³/mol. The SMILES string of the molecule is COc1ccc([N+](=O)[O-])cc1C1(c2ccc(N(C)C)cc2O)C=CC=CC1. The Bertz CT molecular complexity index is 934. The lowest BCUT2D eigenvalue weighted by Crippen LogP contribution is -2.27. The molecular formula is C21H22N2O4. The fourth-order valence-electron chi connectivity index (χ4n) is 3.50. The summed E-state index contributed by atoms with van der Waals surface area (Å²) in [4.78, 5) is 12.8. The maximum Gasteiger partial charge on any atom is 0.270 e. The molecule has 0 amide bonds. The third kappa shape index (κ3) is 3.26. The van der Waals surface area contributed by atoms with E-state index < -0.39 is 10.3 Å². The molecule has 1 N–H and O–H groups in total. The van der Waals surface area contributed by atoms with Crippen LogP contribution in [0, 0.1) is 10.1 Å². The van der Waals surface area contributed by atoms with Gasteiger partial charge in [-0.2, -0.15) is 0 Å².